The number of carbonyl (C=O) groups excluding carboxylic acids is 1. The number of nitrogens with one attached hydrogen (secondary N) is 1. The molecule has 1 atom stereocenters. The highest BCUT2D eigenvalue weighted by Crippen LogP contribution is 2.05. The standard InChI is InChI=1S/C17H19N3O3/c1-2-20-12-18-11-14(20)10-15(17(22)23)19-16(21)9-8-13-6-4-3-5-7-13/h3-9,11-12,15H,2,10H2,1H3,(H,19,21)(H,22,23)/b9-8+/t15-/m0/s1. The van der Waals surface area contributed by atoms with E-state index in [9.17, 15) is 14.7 Å². The largest absolute Gasteiger partial charge is 0.480 e. The molecule has 0 saturated carbocycles. The summed E-state index contributed by atoms with van der Waals surface area (Å²) >= 11 is 0. The van der Waals surface area contributed by atoms with Crippen molar-refractivity contribution >= 4 is 18.0 Å². The van der Waals surface area contributed by atoms with Crippen LogP contribution in [0.2, 0.25) is 0 Å². The van der Waals surface area contributed by atoms with E-state index in [1.807, 2.05) is 41.8 Å². The van der Waals surface area contributed by atoms with E-state index in [1.54, 1.807) is 18.6 Å². The van der Waals surface area contributed by atoms with E-state index in [1.165, 1.54) is 6.08 Å². The topological polar surface area (TPSA) is 84.2 Å². The Morgan fingerprint density at radius 1 is 1.35 bits per heavy atom. The van der Waals surface area contributed by atoms with Crippen molar-refractivity contribution in [3.05, 3.63) is 60.2 Å². The first-order valence-electron chi connectivity index (χ1n) is 7.35. The number of carboxylic acid groups (broad SMARTS) is 1. The molecule has 0 radical (unpaired) electrons. The fourth-order valence-electron chi connectivity index (χ4n) is 2.17. The molecule has 0 fully saturated rings. The number of carbonyl (C=O) groups is 2. The van der Waals surface area contributed by atoms with Gasteiger partial charge in [0.25, 0.3) is 0 Å². The second-order valence-corrected chi connectivity index (χ2v) is 5.02. The molecule has 120 valence electrons. The summed E-state index contributed by atoms with van der Waals surface area (Å²) in [6, 6.07) is 8.34. The minimum atomic E-state index is -1.07. The number of rotatable bonds is 7. The predicted molar refractivity (Wildman–Crippen MR) is 86.6 cm³/mol. The molecule has 0 unspecified atom stereocenters. The molecule has 0 aliphatic heterocycles. The number of hydrogen-bond acceptors (Lipinski definition) is 3. The van der Waals surface area contributed by atoms with E-state index < -0.39 is 17.9 Å². The SMILES string of the molecule is CCn1cncc1C[C@H](NC(=O)/C=C/c1ccccc1)C(=O)O. The van der Waals surface area contributed by atoms with Crippen molar-refractivity contribution < 1.29 is 14.7 Å². The van der Waals surface area contributed by atoms with Gasteiger partial charge in [-0.25, -0.2) is 9.78 Å². The molecular weight excluding hydrogens is 294 g/mol. The lowest BCUT2D eigenvalue weighted by Crippen LogP contribution is -2.42. The summed E-state index contributed by atoms with van der Waals surface area (Å²) in [5.41, 5.74) is 1.64. The Bertz CT molecular complexity index is 692. The summed E-state index contributed by atoms with van der Waals surface area (Å²) in [7, 11) is 0. The molecule has 2 rings (SSSR count). The first kappa shape index (κ1) is 16.5. The van der Waals surface area contributed by atoms with Gasteiger partial charge in [-0.15, -0.1) is 0 Å². The summed E-state index contributed by atoms with van der Waals surface area (Å²) in [4.78, 5) is 27.3. The minimum absolute atomic E-state index is 0.189. The fraction of sp³-hybridized carbons (Fsp3) is 0.235. The van der Waals surface area contributed by atoms with Gasteiger partial charge >= 0.3 is 5.97 Å². The van der Waals surface area contributed by atoms with Gasteiger partial charge in [-0.2, -0.15) is 0 Å². The van der Waals surface area contributed by atoms with E-state index in [0.29, 0.717) is 6.54 Å². The van der Waals surface area contributed by atoms with E-state index >= 15 is 0 Å². The van der Waals surface area contributed by atoms with E-state index in [-0.39, 0.29) is 6.42 Å². The number of aromatic nitrogens is 2. The number of aryl methyl sites for hydroxylation is 1. The third-order valence-corrected chi connectivity index (χ3v) is 3.39. The number of carboxylic acids is 1. The van der Waals surface area contributed by atoms with Gasteiger partial charge in [0.2, 0.25) is 5.91 Å². The van der Waals surface area contributed by atoms with Crippen molar-refractivity contribution in [3.8, 4) is 0 Å². The molecule has 1 aromatic heterocycles. The van der Waals surface area contributed by atoms with Crippen molar-refractivity contribution in [1.29, 1.82) is 0 Å². The normalized spacial score (nSPS) is 12.2. The van der Waals surface area contributed by atoms with Crippen molar-refractivity contribution in [2.45, 2.75) is 25.9 Å². The molecule has 6 nitrogen and oxygen atoms in total. The van der Waals surface area contributed by atoms with Crippen LogP contribution in [0.5, 0.6) is 0 Å². The molecule has 2 aromatic rings. The molecule has 1 amide bonds. The van der Waals surface area contributed by atoms with Crippen LogP contribution in [0.15, 0.2) is 48.9 Å². The molecule has 6 heteroatoms. The van der Waals surface area contributed by atoms with Gasteiger partial charge in [0, 0.05) is 30.9 Å². The smallest absolute Gasteiger partial charge is 0.326 e. The quantitative estimate of drug-likeness (QED) is 0.762. The summed E-state index contributed by atoms with van der Waals surface area (Å²) < 4.78 is 1.85. The van der Waals surface area contributed by atoms with Crippen LogP contribution in [0.25, 0.3) is 6.08 Å². The molecule has 1 heterocycles. The van der Waals surface area contributed by atoms with Gasteiger partial charge in [0.15, 0.2) is 0 Å². The highest BCUT2D eigenvalue weighted by atomic mass is 16.4. The summed E-state index contributed by atoms with van der Waals surface area (Å²) in [6.45, 7) is 2.64. The summed E-state index contributed by atoms with van der Waals surface area (Å²) in [6.07, 6.45) is 6.43. The second kappa shape index (κ2) is 7.93. The van der Waals surface area contributed by atoms with Crippen molar-refractivity contribution in [2.24, 2.45) is 0 Å². The molecule has 0 saturated heterocycles. The monoisotopic (exact) mass is 313 g/mol. The van der Waals surface area contributed by atoms with Crippen LogP contribution in [0.1, 0.15) is 18.2 Å². The van der Waals surface area contributed by atoms with Crippen molar-refractivity contribution in [2.75, 3.05) is 0 Å². The molecule has 23 heavy (non-hydrogen) atoms. The maximum absolute atomic E-state index is 11.9. The van der Waals surface area contributed by atoms with Gasteiger partial charge in [0.1, 0.15) is 6.04 Å². The van der Waals surface area contributed by atoms with E-state index in [4.69, 9.17) is 0 Å². The van der Waals surface area contributed by atoms with Gasteiger partial charge in [0.05, 0.1) is 6.33 Å². The lowest BCUT2D eigenvalue weighted by Gasteiger charge is -2.14. The number of imidazole rings is 1. The van der Waals surface area contributed by atoms with Gasteiger partial charge in [-0.05, 0) is 18.6 Å². The maximum atomic E-state index is 11.9. The Labute approximate surface area is 134 Å². The van der Waals surface area contributed by atoms with Crippen molar-refractivity contribution in [1.82, 2.24) is 14.9 Å². The van der Waals surface area contributed by atoms with Gasteiger partial charge < -0.3 is 15.0 Å². The third kappa shape index (κ3) is 4.81. The van der Waals surface area contributed by atoms with Crippen LogP contribution in [0.3, 0.4) is 0 Å². The average Bonchev–Trinajstić information content (AvgIpc) is 3.00. The van der Waals surface area contributed by atoms with Crippen LogP contribution in [-0.4, -0.2) is 32.6 Å². The number of nitrogens with zero attached hydrogens (tertiary/aromatic N) is 2. The Kier molecular flexibility index (Phi) is 5.68. The molecule has 2 N–H and O–H groups in total. The fourth-order valence-corrected chi connectivity index (χ4v) is 2.17. The van der Waals surface area contributed by atoms with Gasteiger partial charge in [-0.1, -0.05) is 30.3 Å². The second-order valence-electron chi connectivity index (χ2n) is 5.02. The molecule has 0 bridgehead atoms. The van der Waals surface area contributed by atoms with Crippen LogP contribution in [0.4, 0.5) is 0 Å². The van der Waals surface area contributed by atoms with Crippen molar-refractivity contribution in [3.63, 3.8) is 0 Å². The number of amides is 1. The average molecular weight is 313 g/mol. The first-order chi connectivity index (χ1) is 11.1. The lowest BCUT2D eigenvalue weighted by atomic mass is 10.1. The Balaban J connectivity index is 2.00. The van der Waals surface area contributed by atoms with E-state index in [2.05, 4.69) is 10.3 Å². The highest BCUT2D eigenvalue weighted by Gasteiger charge is 2.21. The van der Waals surface area contributed by atoms with Crippen LogP contribution in [-0.2, 0) is 22.6 Å². The van der Waals surface area contributed by atoms with E-state index in [0.717, 1.165) is 11.3 Å². The van der Waals surface area contributed by atoms with Gasteiger partial charge in [-0.3, -0.25) is 4.79 Å². The molecule has 0 aliphatic carbocycles. The lowest BCUT2D eigenvalue weighted by molar-refractivity contribution is -0.141. The minimum Gasteiger partial charge on any atom is -0.480 e. The number of hydrogen-bond donors (Lipinski definition) is 2. The van der Waals surface area contributed by atoms with Crippen LogP contribution < -0.4 is 5.32 Å². The van der Waals surface area contributed by atoms with Crippen LogP contribution >= 0.6 is 0 Å². The predicted octanol–water partition coefficient (Wildman–Crippen LogP) is 1.73. The Morgan fingerprint density at radius 3 is 2.74 bits per heavy atom. The first-order valence-corrected chi connectivity index (χ1v) is 7.35. The number of benzene rings is 1. The molecule has 0 spiro atoms. The number of aliphatic carboxylic acids is 1. The highest BCUT2D eigenvalue weighted by molar-refractivity contribution is 5.94. The third-order valence-electron chi connectivity index (χ3n) is 3.39. The van der Waals surface area contributed by atoms with Crippen LogP contribution in [0, 0.1) is 0 Å². The zero-order valence-electron chi connectivity index (χ0n) is 12.8. The summed E-state index contributed by atoms with van der Waals surface area (Å²) in [5.74, 6) is -1.51. The zero-order chi connectivity index (χ0) is 16.7. The summed E-state index contributed by atoms with van der Waals surface area (Å²) in [5, 5.41) is 11.8. The molecular formula is C17H19N3O3. The molecule has 0 aliphatic rings. The Morgan fingerprint density at radius 2 is 2.09 bits per heavy atom. The maximum Gasteiger partial charge on any atom is 0.326 e. The Hall–Kier alpha value is -2.89. The molecule has 1 aromatic carbocycles. The zero-order valence-corrected chi connectivity index (χ0v) is 12.8.